The van der Waals surface area contributed by atoms with Crippen molar-refractivity contribution in [2.24, 2.45) is 0 Å². The largest absolute Gasteiger partial charge is 0.465 e. The van der Waals surface area contributed by atoms with E-state index in [-0.39, 0.29) is 18.1 Å². The predicted molar refractivity (Wildman–Crippen MR) is 112 cm³/mol. The first-order chi connectivity index (χ1) is 14.6. The maximum absolute atomic E-state index is 12.8. The molecule has 3 heterocycles. The molecule has 0 bridgehead atoms. The molecule has 1 aromatic carbocycles. The van der Waals surface area contributed by atoms with Gasteiger partial charge in [-0.05, 0) is 43.9 Å². The maximum Gasteiger partial charge on any atom is 0.346 e. The molecule has 160 valence electrons. The Morgan fingerprint density at radius 1 is 1.10 bits per heavy atom. The van der Waals surface area contributed by atoms with Crippen molar-refractivity contribution in [2.45, 2.75) is 51.6 Å². The number of esters is 1. The minimum atomic E-state index is -0.465. The highest BCUT2D eigenvalue weighted by atomic mass is 16.5. The molecule has 2 aliphatic rings. The molecule has 1 aromatic heterocycles. The van der Waals surface area contributed by atoms with Gasteiger partial charge < -0.3 is 15.0 Å². The summed E-state index contributed by atoms with van der Waals surface area (Å²) in [4.78, 5) is 39.5. The van der Waals surface area contributed by atoms with Gasteiger partial charge in [0.25, 0.3) is 0 Å². The van der Waals surface area contributed by atoms with Crippen LogP contribution >= 0.6 is 0 Å². The molecule has 4 rings (SSSR count). The molecule has 9 heteroatoms. The lowest BCUT2D eigenvalue weighted by molar-refractivity contribution is -0.117. The van der Waals surface area contributed by atoms with Crippen LogP contribution in [0.5, 0.6) is 0 Å². The molecule has 30 heavy (non-hydrogen) atoms. The van der Waals surface area contributed by atoms with Gasteiger partial charge in [-0.1, -0.05) is 6.42 Å². The number of hydrogen-bond acceptors (Lipinski definition) is 6. The number of amides is 1. The van der Waals surface area contributed by atoms with Crippen LogP contribution in [0.3, 0.4) is 0 Å². The second-order valence-electron chi connectivity index (χ2n) is 7.78. The summed E-state index contributed by atoms with van der Waals surface area (Å²) >= 11 is 0. The van der Waals surface area contributed by atoms with Crippen molar-refractivity contribution < 1.29 is 14.3 Å². The molecule has 0 unspecified atom stereocenters. The molecule has 0 radical (unpaired) electrons. The van der Waals surface area contributed by atoms with E-state index in [1.165, 1.54) is 11.8 Å². The predicted octanol–water partition coefficient (Wildman–Crippen LogP) is 1.80. The fourth-order valence-corrected chi connectivity index (χ4v) is 4.17. The van der Waals surface area contributed by atoms with Crippen molar-refractivity contribution in [1.82, 2.24) is 14.3 Å². The summed E-state index contributed by atoms with van der Waals surface area (Å²) in [5.74, 6) is -0.0731. The van der Waals surface area contributed by atoms with Crippen LogP contribution in [-0.2, 0) is 29.0 Å². The zero-order chi connectivity index (χ0) is 21.1. The number of aromatic nitrogens is 3. The molecule has 1 fully saturated rings. The van der Waals surface area contributed by atoms with Gasteiger partial charge in [0.05, 0.1) is 24.0 Å². The summed E-state index contributed by atoms with van der Waals surface area (Å²) in [5, 5.41) is 7.25. The van der Waals surface area contributed by atoms with Crippen molar-refractivity contribution >= 4 is 23.3 Å². The first kappa shape index (κ1) is 20.2. The molecule has 2 aromatic rings. The molecule has 1 amide bonds. The third-order valence-corrected chi connectivity index (χ3v) is 5.71. The monoisotopic (exact) mass is 413 g/mol. The SMILES string of the molecule is COC(=O)c1ccc(N2CCCC2)c(NC(=O)Cn2nc3n(c2=O)CCCCC3)c1. The second kappa shape index (κ2) is 8.73. The fourth-order valence-electron chi connectivity index (χ4n) is 4.17. The van der Waals surface area contributed by atoms with Gasteiger partial charge in [-0.2, -0.15) is 5.10 Å². The van der Waals surface area contributed by atoms with Crippen LogP contribution in [0.4, 0.5) is 11.4 Å². The zero-order valence-electron chi connectivity index (χ0n) is 17.2. The van der Waals surface area contributed by atoms with E-state index in [1.807, 2.05) is 6.07 Å². The summed E-state index contributed by atoms with van der Waals surface area (Å²) < 4.78 is 7.71. The van der Waals surface area contributed by atoms with Gasteiger partial charge in [0, 0.05) is 26.1 Å². The maximum atomic E-state index is 12.8. The summed E-state index contributed by atoms with van der Waals surface area (Å²) in [7, 11) is 1.32. The molecule has 0 spiro atoms. The van der Waals surface area contributed by atoms with Crippen LogP contribution in [-0.4, -0.2) is 46.4 Å². The van der Waals surface area contributed by atoms with E-state index in [4.69, 9.17) is 4.74 Å². The number of ether oxygens (including phenoxy) is 1. The minimum Gasteiger partial charge on any atom is -0.465 e. The van der Waals surface area contributed by atoms with Gasteiger partial charge >= 0.3 is 11.7 Å². The summed E-state index contributed by atoms with van der Waals surface area (Å²) in [6.07, 6.45) is 5.96. The lowest BCUT2D eigenvalue weighted by Crippen LogP contribution is -2.30. The number of carbonyl (C=O) groups is 2. The van der Waals surface area contributed by atoms with Gasteiger partial charge in [0.2, 0.25) is 5.91 Å². The third-order valence-electron chi connectivity index (χ3n) is 5.71. The van der Waals surface area contributed by atoms with E-state index in [9.17, 15) is 14.4 Å². The highest BCUT2D eigenvalue weighted by Crippen LogP contribution is 2.30. The standard InChI is InChI=1S/C21H27N5O4/c1-30-20(28)15-8-9-17(24-10-5-6-11-24)16(13-15)22-19(27)14-26-21(29)25-12-4-2-3-7-18(25)23-26/h8-9,13H,2-7,10-12,14H2,1H3,(H,22,27). The van der Waals surface area contributed by atoms with Crippen LogP contribution in [0.2, 0.25) is 0 Å². The van der Waals surface area contributed by atoms with Gasteiger partial charge in [0.15, 0.2) is 0 Å². The molecular weight excluding hydrogens is 386 g/mol. The number of benzene rings is 1. The molecule has 0 atom stereocenters. The van der Waals surface area contributed by atoms with Crippen LogP contribution in [0.15, 0.2) is 23.0 Å². The topological polar surface area (TPSA) is 98.5 Å². The summed E-state index contributed by atoms with van der Waals surface area (Å²) in [6, 6.07) is 5.16. The Kier molecular flexibility index (Phi) is 5.87. The number of fused-ring (bicyclic) bond motifs is 1. The van der Waals surface area contributed by atoms with Crippen molar-refractivity contribution in [3.8, 4) is 0 Å². The zero-order valence-corrected chi connectivity index (χ0v) is 17.2. The van der Waals surface area contributed by atoms with Gasteiger partial charge in [-0.25, -0.2) is 14.3 Å². The Morgan fingerprint density at radius 3 is 2.63 bits per heavy atom. The number of aryl methyl sites for hydroxylation is 1. The summed E-state index contributed by atoms with van der Waals surface area (Å²) in [6.45, 7) is 2.28. The van der Waals surface area contributed by atoms with E-state index in [2.05, 4.69) is 15.3 Å². The lowest BCUT2D eigenvalue weighted by atomic mass is 10.1. The first-order valence-electron chi connectivity index (χ1n) is 10.5. The molecule has 0 saturated carbocycles. The number of methoxy groups -OCH3 is 1. The average molecular weight is 413 g/mol. The average Bonchev–Trinajstić information content (AvgIpc) is 3.30. The Labute approximate surface area is 174 Å². The molecule has 1 N–H and O–H groups in total. The van der Waals surface area contributed by atoms with Crippen molar-refractivity contribution in [3.05, 3.63) is 40.1 Å². The molecule has 9 nitrogen and oxygen atoms in total. The van der Waals surface area contributed by atoms with Crippen molar-refractivity contribution in [3.63, 3.8) is 0 Å². The van der Waals surface area contributed by atoms with E-state index < -0.39 is 5.97 Å². The lowest BCUT2D eigenvalue weighted by Gasteiger charge is -2.22. The summed E-state index contributed by atoms with van der Waals surface area (Å²) in [5.41, 5.74) is 1.52. The smallest absolute Gasteiger partial charge is 0.346 e. The Balaban J connectivity index is 1.56. The van der Waals surface area contributed by atoms with Gasteiger partial charge in [-0.15, -0.1) is 0 Å². The Hall–Kier alpha value is -3.10. The van der Waals surface area contributed by atoms with Gasteiger partial charge in [0.1, 0.15) is 12.4 Å². The van der Waals surface area contributed by atoms with Crippen molar-refractivity contribution in [2.75, 3.05) is 30.4 Å². The highest BCUT2D eigenvalue weighted by Gasteiger charge is 2.21. The highest BCUT2D eigenvalue weighted by molar-refractivity contribution is 5.98. The van der Waals surface area contributed by atoms with E-state index in [0.717, 1.165) is 63.1 Å². The quantitative estimate of drug-likeness (QED) is 0.751. The van der Waals surface area contributed by atoms with E-state index >= 15 is 0 Å². The second-order valence-corrected chi connectivity index (χ2v) is 7.78. The van der Waals surface area contributed by atoms with Gasteiger partial charge in [-0.3, -0.25) is 9.36 Å². The number of nitrogens with zero attached hydrogens (tertiary/aromatic N) is 4. The van der Waals surface area contributed by atoms with Crippen LogP contribution in [0, 0.1) is 0 Å². The van der Waals surface area contributed by atoms with Crippen LogP contribution in [0.25, 0.3) is 0 Å². The molecule has 0 aliphatic carbocycles. The molecule has 1 saturated heterocycles. The number of carbonyl (C=O) groups excluding carboxylic acids is 2. The fraction of sp³-hybridized carbons (Fsp3) is 0.524. The number of anilines is 2. The third kappa shape index (κ3) is 4.10. The normalized spacial score (nSPS) is 16.1. The number of hydrogen-bond donors (Lipinski definition) is 1. The van der Waals surface area contributed by atoms with Crippen LogP contribution in [0.1, 0.15) is 48.3 Å². The number of nitrogens with one attached hydrogen (secondary N) is 1. The van der Waals surface area contributed by atoms with E-state index in [1.54, 1.807) is 16.7 Å². The van der Waals surface area contributed by atoms with E-state index in [0.29, 0.717) is 17.8 Å². The first-order valence-corrected chi connectivity index (χ1v) is 10.5. The Bertz CT molecular complexity index is 1000. The van der Waals surface area contributed by atoms with Crippen LogP contribution < -0.4 is 15.9 Å². The van der Waals surface area contributed by atoms with Crippen molar-refractivity contribution in [1.29, 1.82) is 0 Å². The number of rotatable bonds is 5. The Morgan fingerprint density at radius 2 is 1.87 bits per heavy atom. The molecular formula is C21H27N5O4. The minimum absolute atomic E-state index is 0.166. The molecule has 2 aliphatic heterocycles.